The van der Waals surface area contributed by atoms with Crippen molar-refractivity contribution in [2.45, 2.75) is 20.8 Å². The molecule has 0 fully saturated rings. The SMILES string of the molecule is CCN(CC)CCOc1ccc2oc(=O)cc(C)c2c1. The highest BCUT2D eigenvalue weighted by Crippen LogP contribution is 2.22. The molecule has 4 heteroatoms. The summed E-state index contributed by atoms with van der Waals surface area (Å²) in [6.07, 6.45) is 0. The van der Waals surface area contributed by atoms with Gasteiger partial charge in [-0.2, -0.15) is 0 Å². The summed E-state index contributed by atoms with van der Waals surface area (Å²) in [5.74, 6) is 0.807. The summed E-state index contributed by atoms with van der Waals surface area (Å²) in [6, 6.07) is 7.06. The Hall–Kier alpha value is -1.81. The zero-order chi connectivity index (χ0) is 14.5. The lowest BCUT2D eigenvalue weighted by Crippen LogP contribution is -2.27. The number of hydrogen-bond donors (Lipinski definition) is 0. The molecular weight excluding hydrogens is 254 g/mol. The topological polar surface area (TPSA) is 42.7 Å². The molecular formula is C16H21NO3. The van der Waals surface area contributed by atoms with Crippen molar-refractivity contribution in [1.29, 1.82) is 0 Å². The quantitative estimate of drug-likeness (QED) is 0.760. The van der Waals surface area contributed by atoms with Crippen molar-refractivity contribution in [3.05, 3.63) is 40.2 Å². The van der Waals surface area contributed by atoms with Crippen molar-refractivity contribution in [2.24, 2.45) is 0 Å². The Morgan fingerprint density at radius 1 is 1.20 bits per heavy atom. The number of rotatable bonds is 6. The highest BCUT2D eigenvalue weighted by atomic mass is 16.5. The molecule has 4 nitrogen and oxygen atoms in total. The Bertz CT molecular complexity index is 629. The van der Waals surface area contributed by atoms with Gasteiger partial charge in [0.15, 0.2) is 0 Å². The molecule has 2 rings (SSSR count). The Morgan fingerprint density at radius 3 is 2.65 bits per heavy atom. The lowest BCUT2D eigenvalue weighted by atomic mass is 10.1. The second kappa shape index (κ2) is 6.57. The van der Waals surface area contributed by atoms with Gasteiger partial charge in [0.1, 0.15) is 17.9 Å². The molecule has 0 radical (unpaired) electrons. The first-order chi connectivity index (χ1) is 9.63. The third-order valence-corrected chi connectivity index (χ3v) is 3.49. The standard InChI is InChI=1S/C16H21NO3/c1-4-17(5-2)8-9-19-13-6-7-15-14(11-13)12(3)10-16(18)20-15/h6-7,10-11H,4-5,8-9H2,1-3H3. The number of fused-ring (bicyclic) bond motifs is 1. The maximum Gasteiger partial charge on any atom is 0.336 e. The number of likely N-dealkylation sites (N-methyl/N-ethyl adjacent to an activating group) is 1. The number of nitrogens with zero attached hydrogens (tertiary/aromatic N) is 1. The highest BCUT2D eigenvalue weighted by molar-refractivity contribution is 5.81. The summed E-state index contributed by atoms with van der Waals surface area (Å²) in [5.41, 5.74) is 1.20. The fourth-order valence-electron chi connectivity index (χ4n) is 2.22. The molecule has 20 heavy (non-hydrogen) atoms. The minimum atomic E-state index is -0.315. The van der Waals surface area contributed by atoms with E-state index in [2.05, 4.69) is 18.7 Å². The summed E-state index contributed by atoms with van der Waals surface area (Å²) in [5, 5.41) is 0.921. The summed E-state index contributed by atoms with van der Waals surface area (Å²) in [7, 11) is 0. The van der Waals surface area contributed by atoms with Crippen molar-refractivity contribution in [2.75, 3.05) is 26.2 Å². The minimum absolute atomic E-state index is 0.315. The fourth-order valence-corrected chi connectivity index (χ4v) is 2.22. The van der Waals surface area contributed by atoms with Crippen LogP contribution < -0.4 is 10.4 Å². The molecule has 0 aliphatic carbocycles. The van der Waals surface area contributed by atoms with Gasteiger partial charge in [-0.3, -0.25) is 0 Å². The van der Waals surface area contributed by atoms with Gasteiger partial charge in [-0.1, -0.05) is 13.8 Å². The molecule has 1 aromatic heterocycles. The number of benzene rings is 1. The van der Waals surface area contributed by atoms with E-state index in [0.29, 0.717) is 12.2 Å². The van der Waals surface area contributed by atoms with Gasteiger partial charge in [0.05, 0.1) is 0 Å². The Balaban J connectivity index is 2.10. The van der Waals surface area contributed by atoms with Gasteiger partial charge in [0.2, 0.25) is 0 Å². The third-order valence-electron chi connectivity index (χ3n) is 3.49. The fraction of sp³-hybridized carbons (Fsp3) is 0.438. The lowest BCUT2D eigenvalue weighted by Gasteiger charge is -2.18. The predicted molar refractivity (Wildman–Crippen MR) is 80.5 cm³/mol. The van der Waals surface area contributed by atoms with E-state index in [4.69, 9.17) is 9.15 Å². The molecule has 0 unspecified atom stereocenters. The van der Waals surface area contributed by atoms with Gasteiger partial charge in [0.25, 0.3) is 0 Å². The van der Waals surface area contributed by atoms with E-state index in [1.165, 1.54) is 6.07 Å². The molecule has 1 heterocycles. The van der Waals surface area contributed by atoms with Crippen LogP contribution in [-0.4, -0.2) is 31.1 Å². The van der Waals surface area contributed by atoms with Crippen LogP contribution in [0, 0.1) is 6.92 Å². The van der Waals surface area contributed by atoms with Crippen LogP contribution >= 0.6 is 0 Å². The zero-order valence-electron chi connectivity index (χ0n) is 12.3. The van der Waals surface area contributed by atoms with E-state index < -0.39 is 0 Å². The first-order valence-corrected chi connectivity index (χ1v) is 7.03. The summed E-state index contributed by atoms with van der Waals surface area (Å²) in [6.45, 7) is 9.81. The van der Waals surface area contributed by atoms with E-state index in [0.717, 1.165) is 36.3 Å². The van der Waals surface area contributed by atoms with Gasteiger partial charge in [0, 0.05) is 18.0 Å². The molecule has 0 saturated carbocycles. The minimum Gasteiger partial charge on any atom is -0.492 e. The van der Waals surface area contributed by atoms with Crippen LogP contribution in [0.1, 0.15) is 19.4 Å². The molecule has 0 saturated heterocycles. The number of aryl methyl sites for hydroxylation is 1. The van der Waals surface area contributed by atoms with E-state index >= 15 is 0 Å². The zero-order valence-corrected chi connectivity index (χ0v) is 12.3. The van der Waals surface area contributed by atoms with Crippen LogP contribution in [0.15, 0.2) is 33.5 Å². The predicted octanol–water partition coefficient (Wildman–Crippen LogP) is 2.82. The van der Waals surface area contributed by atoms with E-state index in [-0.39, 0.29) is 5.63 Å². The molecule has 0 aliphatic heterocycles. The Labute approximate surface area is 119 Å². The van der Waals surface area contributed by atoms with E-state index in [9.17, 15) is 4.79 Å². The van der Waals surface area contributed by atoms with E-state index in [1.54, 1.807) is 6.07 Å². The molecule has 0 atom stereocenters. The average Bonchev–Trinajstić information content (AvgIpc) is 2.44. The first-order valence-electron chi connectivity index (χ1n) is 7.03. The second-order valence-electron chi connectivity index (χ2n) is 4.78. The first kappa shape index (κ1) is 14.6. The molecule has 1 aromatic carbocycles. The van der Waals surface area contributed by atoms with Crippen molar-refractivity contribution >= 4 is 11.0 Å². The molecule has 0 spiro atoms. The van der Waals surface area contributed by atoms with Crippen LogP contribution in [0.5, 0.6) is 5.75 Å². The van der Waals surface area contributed by atoms with Crippen molar-refractivity contribution < 1.29 is 9.15 Å². The van der Waals surface area contributed by atoms with Crippen LogP contribution in [0.4, 0.5) is 0 Å². The van der Waals surface area contributed by atoms with Crippen LogP contribution in [0.3, 0.4) is 0 Å². The Morgan fingerprint density at radius 2 is 1.95 bits per heavy atom. The van der Waals surface area contributed by atoms with Crippen molar-refractivity contribution in [1.82, 2.24) is 4.90 Å². The van der Waals surface area contributed by atoms with Crippen LogP contribution in [-0.2, 0) is 0 Å². The lowest BCUT2D eigenvalue weighted by molar-refractivity contribution is 0.223. The summed E-state index contributed by atoms with van der Waals surface area (Å²) < 4.78 is 10.9. The van der Waals surface area contributed by atoms with Crippen molar-refractivity contribution in [3.8, 4) is 5.75 Å². The summed E-state index contributed by atoms with van der Waals surface area (Å²) in [4.78, 5) is 13.6. The summed E-state index contributed by atoms with van der Waals surface area (Å²) >= 11 is 0. The average molecular weight is 275 g/mol. The molecule has 0 N–H and O–H groups in total. The van der Waals surface area contributed by atoms with Crippen LogP contribution in [0.25, 0.3) is 11.0 Å². The normalized spacial score (nSPS) is 11.2. The van der Waals surface area contributed by atoms with Gasteiger partial charge in [-0.05, 0) is 43.8 Å². The molecule has 0 amide bonds. The second-order valence-corrected chi connectivity index (χ2v) is 4.78. The smallest absolute Gasteiger partial charge is 0.336 e. The maximum absolute atomic E-state index is 11.3. The molecule has 2 aromatic rings. The molecule has 0 aliphatic rings. The Kier molecular flexibility index (Phi) is 4.79. The van der Waals surface area contributed by atoms with Crippen molar-refractivity contribution in [3.63, 3.8) is 0 Å². The third kappa shape index (κ3) is 3.39. The largest absolute Gasteiger partial charge is 0.492 e. The number of ether oxygens (including phenoxy) is 1. The monoisotopic (exact) mass is 275 g/mol. The van der Waals surface area contributed by atoms with Gasteiger partial charge >= 0.3 is 5.63 Å². The van der Waals surface area contributed by atoms with Gasteiger partial charge in [-0.25, -0.2) is 4.79 Å². The molecule has 0 bridgehead atoms. The number of hydrogen-bond acceptors (Lipinski definition) is 4. The highest BCUT2D eigenvalue weighted by Gasteiger charge is 2.05. The van der Waals surface area contributed by atoms with E-state index in [1.807, 2.05) is 19.1 Å². The molecule has 108 valence electrons. The van der Waals surface area contributed by atoms with Crippen LogP contribution in [0.2, 0.25) is 0 Å². The maximum atomic E-state index is 11.3. The van der Waals surface area contributed by atoms with Gasteiger partial charge < -0.3 is 14.1 Å². The van der Waals surface area contributed by atoms with Gasteiger partial charge in [-0.15, -0.1) is 0 Å².